The zero-order valence-corrected chi connectivity index (χ0v) is 14.4. The van der Waals surface area contributed by atoms with Crippen LogP contribution in [0.5, 0.6) is 0 Å². The van der Waals surface area contributed by atoms with Gasteiger partial charge in [0.25, 0.3) is 0 Å². The highest BCUT2D eigenvalue weighted by Crippen LogP contribution is 2.21. The number of para-hydroxylation sites is 1. The second kappa shape index (κ2) is 8.92. The van der Waals surface area contributed by atoms with Gasteiger partial charge >= 0.3 is 5.97 Å². The number of rotatable bonds is 8. The minimum atomic E-state index is -1.05. The average Bonchev–Trinajstić information content (AvgIpc) is 3.04. The Morgan fingerprint density at radius 3 is 2.84 bits per heavy atom. The molecule has 2 aromatic rings. The molecule has 0 saturated heterocycles. The van der Waals surface area contributed by atoms with Crippen molar-refractivity contribution in [3.63, 3.8) is 0 Å². The number of esters is 1. The molecule has 1 atom stereocenters. The fraction of sp³-hybridized carbons (Fsp3) is 0.294. The first-order chi connectivity index (χ1) is 12.1. The average molecular weight is 359 g/mol. The van der Waals surface area contributed by atoms with Crippen molar-refractivity contribution < 1.29 is 19.4 Å². The van der Waals surface area contributed by atoms with E-state index in [1.54, 1.807) is 36.6 Å². The fourth-order valence-electron chi connectivity index (χ4n) is 2.07. The molecular formula is C17H17N3O4S. The number of ketones is 1. The summed E-state index contributed by atoms with van der Waals surface area (Å²) in [6, 6.07) is 8.53. The Balaban J connectivity index is 2.02. The summed E-state index contributed by atoms with van der Waals surface area (Å²) < 4.78 is 5.06. The Kier molecular flexibility index (Phi) is 6.62. The molecule has 0 unspecified atom stereocenters. The smallest absolute Gasteiger partial charge is 0.340 e. The number of ether oxygens (including phenoxy) is 1. The molecule has 0 aliphatic carbocycles. The molecule has 0 spiro atoms. The van der Waals surface area contributed by atoms with Gasteiger partial charge in [-0.05, 0) is 19.1 Å². The maximum Gasteiger partial charge on any atom is 0.340 e. The van der Waals surface area contributed by atoms with Crippen LogP contribution in [-0.2, 0) is 9.53 Å². The molecule has 25 heavy (non-hydrogen) atoms. The van der Waals surface area contributed by atoms with Gasteiger partial charge < -0.3 is 15.2 Å². The van der Waals surface area contributed by atoms with Crippen LogP contribution in [0, 0.1) is 18.3 Å². The quantitative estimate of drug-likeness (QED) is 0.692. The standard InChI is InChI=1S/C17H17N3O4S/c1-11-10-25-16(20-11)13(8-18)15(22)9-24-17(23)12-4-2-3-5-14(12)19-6-7-21/h2-5,10,13,19,21H,6-7,9H2,1H3/t13-/m0/s1. The number of nitrogens with zero attached hydrogens (tertiary/aromatic N) is 2. The van der Waals surface area contributed by atoms with Crippen LogP contribution in [0.1, 0.15) is 27.0 Å². The lowest BCUT2D eigenvalue weighted by Crippen LogP contribution is -2.20. The Labute approximate surface area is 148 Å². The number of anilines is 1. The van der Waals surface area contributed by atoms with Crippen LogP contribution in [0.2, 0.25) is 0 Å². The van der Waals surface area contributed by atoms with E-state index in [9.17, 15) is 14.9 Å². The third kappa shape index (κ3) is 4.86. The molecule has 0 aliphatic heterocycles. The number of Topliss-reactive ketones (excluding diaryl/α,β-unsaturated/α-hetero) is 1. The second-order valence-corrected chi connectivity index (χ2v) is 6.02. The van der Waals surface area contributed by atoms with E-state index < -0.39 is 24.3 Å². The van der Waals surface area contributed by atoms with Gasteiger partial charge in [0, 0.05) is 23.3 Å². The lowest BCUT2D eigenvalue weighted by atomic mass is 10.1. The molecule has 0 saturated carbocycles. The molecule has 8 heteroatoms. The van der Waals surface area contributed by atoms with Crippen molar-refractivity contribution >= 4 is 28.8 Å². The van der Waals surface area contributed by atoms with Gasteiger partial charge in [0.1, 0.15) is 5.01 Å². The summed E-state index contributed by atoms with van der Waals surface area (Å²) in [4.78, 5) is 28.5. The summed E-state index contributed by atoms with van der Waals surface area (Å²) in [6.45, 7) is 1.46. The maximum absolute atomic E-state index is 12.2. The van der Waals surface area contributed by atoms with Crippen molar-refractivity contribution in [3.05, 3.63) is 45.9 Å². The number of aromatic nitrogens is 1. The number of thiazole rings is 1. The molecule has 0 fully saturated rings. The number of aryl methyl sites for hydroxylation is 1. The van der Waals surface area contributed by atoms with E-state index in [-0.39, 0.29) is 18.7 Å². The number of aliphatic hydroxyl groups is 1. The van der Waals surface area contributed by atoms with Crippen LogP contribution in [-0.4, -0.2) is 41.6 Å². The van der Waals surface area contributed by atoms with Crippen LogP contribution in [0.4, 0.5) is 5.69 Å². The van der Waals surface area contributed by atoms with Crippen LogP contribution in [0.3, 0.4) is 0 Å². The topological polar surface area (TPSA) is 112 Å². The summed E-state index contributed by atoms with van der Waals surface area (Å²) in [7, 11) is 0. The van der Waals surface area contributed by atoms with Crippen LogP contribution in [0.15, 0.2) is 29.6 Å². The van der Waals surface area contributed by atoms with E-state index in [2.05, 4.69) is 10.3 Å². The first-order valence-corrected chi connectivity index (χ1v) is 8.40. The summed E-state index contributed by atoms with van der Waals surface area (Å²) >= 11 is 1.22. The highest BCUT2D eigenvalue weighted by atomic mass is 32.1. The van der Waals surface area contributed by atoms with Crippen molar-refractivity contribution in [2.24, 2.45) is 0 Å². The molecule has 0 amide bonds. The lowest BCUT2D eigenvalue weighted by Gasteiger charge is -2.11. The summed E-state index contributed by atoms with van der Waals surface area (Å²) in [5.41, 5.74) is 1.48. The first-order valence-electron chi connectivity index (χ1n) is 7.52. The van der Waals surface area contributed by atoms with Crippen molar-refractivity contribution in [2.45, 2.75) is 12.8 Å². The minimum Gasteiger partial charge on any atom is -0.454 e. The summed E-state index contributed by atoms with van der Waals surface area (Å²) in [6.07, 6.45) is 0. The van der Waals surface area contributed by atoms with E-state index in [0.29, 0.717) is 10.7 Å². The maximum atomic E-state index is 12.2. The molecular weight excluding hydrogens is 342 g/mol. The number of carbonyl (C=O) groups excluding carboxylic acids is 2. The van der Waals surface area contributed by atoms with Crippen molar-refractivity contribution in [2.75, 3.05) is 25.1 Å². The van der Waals surface area contributed by atoms with Crippen molar-refractivity contribution in [3.8, 4) is 6.07 Å². The van der Waals surface area contributed by atoms with Gasteiger partial charge in [0.05, 0.1) is 18.2 Å². The summed E-state index contributed by atoms with van der Waals surface area (Å²) in [5.74, 6) is -2.25. The SMILES string of the molecule is Cc1csc([C@@H](C#N)C(=O)COC(=O)c2ccccc2NCCO)n1. The van der Waals surface area contributed by atoms with Crippen LogP contribution in [0.25, 0.3) is 0 Å². The lowest BCUT2D eigenvalue weighted by molar-refractivity contribution is -0.122. The number of nitriles is 1. The number of carbonyl (C=O) groups is 2. The predicted molar refractivity (Wildman–Crippen MR) is 92.5 cm³/mol. The van der Waals surface area contributed by atoms with E-state index >= 15 is 0 Å². The molecule has 7 nitrogen and oxygen atoms in total. The zero-order valence-electron chi connectivity index (χ0n) is 13.6. The zero-order chi connectivity index (χ0) is 18.2. The van der Waals surface area contributed by atoms with Crippen LogP contribution >= 0.6 is 11.3 Å². The normalized spacial score (nSPS) is 11.4. The van der Waals surface area contributed by atoms with E-state index in [4.69, 9.17) is 9.84 Å². The first kappa shape index (κ1) is 18.6. The Morgan fingerprint density at radius 1 is 1.44 bits per heavy atom. The Hall–Kier alpha value is -2.76. The number of hydrogen-bond donors (Lipinski definition) is 2. The molecule has 0 bridgehead atoms. The molecule has 1 aromatic heterocycles. The molecule has 2 rings (SSSR count). The molecule has 0 radical (unpaired) electrons. The van der Waals surface area contributed by atoms with Gasteiger partial charge in [-0.2, -0.15) is 5.26 Å². The molecule has 1 heterocycles. The molecule has 2 N–H and O–H groups in total. The number of nitrogens with one attached hydrogen (secondary N) is 1. The number of aliphatic hydroxyl groups excluding tert-OH is 1. The molecule has 0 aliphatic rings. The van der Waals surface area contributed by atoms with E-state index in [1.807, 2.05) is 6.07 Å². The largest absolute Gasteiger partial charge is 0.454 e. The van der Waals surface area contributed by atoms with Gasteiger partial charge in [0.15, 0.2) is 18.3 Å². The number of benzene rings is 1. The fourth-order valence-corrected chi connectivity index (χ4v) is 2.93. The Morgan fingerprint density at radius 2 is 2.20 bits per heavy atom. The second-order valence-electron chi connectivity index (χ2n) is 5.13. The van der Waals surface area contributed by atoms with E-state index in [0.717, 1.165) is 5.69 Å². The third-order valence-corrected chi connectivity index (χ3v) is 4.28. The van der Waals surface area contributed by atoms with Crippen molar-refractivity contribution in [1.82, 2.24) is 4.98 Å². The molecule has 130 valence electrons. The van der Waals surface area contributed by atoms with E-state index in [1.165, 1.54) is 11.3 Å². The monoisotopic (exact) mass is 359 g/mol. The number of hydrogen-bond acceptors (Lipinski definition) is 8. The van der Waals surface area contributed by atoms with Crippen molar-refractivity contribution in [1.29, 1.82) is 5.26 Å². The highest BCUT2D eigenvalue weighted by molar-refractivity contribution is 7.09. The predicted octanol–water partition coefficient (Wildman–Crippen LogP) is 1.89. The highest BCUT2D eigenvalue weighted by Gasteiger charge is 2.25. The summed E-state index contributed by atoms with van der Waals surface area (Å²) in [5, 5.41) is 23.1. The Bertz CT molecular complexity index is 797. The van der Waals surface area contributed by atoms with Gasteiger partial charge in [0.2, 0.25) is 0 Å². The van der Waals surface area contributed by atoms with Gasteiger partial charge in [-0.15, -0.1) is 11.3 Å². The van der Waals surface area contributed by atoms with Gasteiger partial charge in [-0.25, -0.2) is 9.78 Å². The van der Waals surface area contributed by atoms with Gasteiger partial charge in [-0.1, -0.05) is 12.1 Å². The minimum absolute atomic E-state index is 0.0844. The van der Waals surface area contributed by atoms with Gasteiger partial charge in [-0.3, -0.25) is 4.79 Å². The molecule has 1 aromatic carbocycles. The third-order valence-electron chi connectivity index (χ3n) is 3.25. The van der Waals surface area contributed by atoms with Crippen LogP contribution < -0.4 is 5.32 Å².